The summed E-state index contributed by atoms with van der Waals surface area (Å²) in [5, 5.41) is 9.47. The molecule has 0 fully saturated rings. The molecule has 0 N–H and O–H groups in total. The van der Waals surface area contributed by atoms with Crippen LogP contribution in [0.25, 0.3) is 11.1 Å². The smallest absolute Gasteiger partial charge is 0.126 e. The molecule has 0 aliphatic carbocycles. The van der Waals surface area contributed by atoms with E-state index in [0.29, 0.717) is 10.6 Å². The fourth-order valence-electron chi connectivity index (χ4n) is 1.69. The zero-order chi connectivity index (χ0) is 12.3. The van der Waals surface area contributed by atoms with Crippen LogP contribution in [-0.2, 0) is 0 Å². The summed E-state index contributed by atoms with van der Waals surface area (Å²) in [7, 11) is 1.62. The van der Waals surface area contributed by atoms with Crippen molar-refractivity contribution in [2.24, 2.45) is 0 Å². The third-order valence-electron chi connectivity index (χ3n) is 2.44. The molecule has 0 aliphatic rings. The van der Waals surface area contributed by atoms with Crippen LogP contribution in [-0.4, -0.2) is 7.11 Å². The normalized spacial score (nSPS) is 9.71. The van der Waals surface area contributed by atoms with Gasteiger partial charge in [-0.05, 0) is 29.8 Å². The standard InChI is InChI=1S/C14H10ClNO/c1-17-14-5-3-2-4-13(14)11-6-10(9-16)7-12(15)8-11/h2-8H,1H3. The highest BCUT2D eigenvalue weighted by molar-refractivity contribution is 6.31. The quantitative estimate of drug-likeness (QED) is 0.802. The van der Waals surface area contributed by atoms with Gasteiger partial charge in [0.15, 0.2) is 0 Å². The molecule has 17 heavy (non-hydrogen) atoms. The Morgan fingerprint density at radius 2 is 1.94 bits per heavy atom. The summed E-state index contributed by atoms with van der Waals surface area (Å²) in [5.41, 5.74) is 2.35. The van der Waals surface area contributed by atoms with Gasteiger partial charge >= 0.3 is 0 Å². The van der Waals surface area contributed by atoms with Crippen molar-refractivity contribution in [1.29, 1.82) is 5.26 Å². The average Bonchev–Trinajstić information content (AvgIpc) is 2.37. The van der Waals surface area contributed by atoms with E-state index in [1.807, 2.05) is 30.3 Å². The number of hydrogen-bond acceptors (Lipinski definition) is 2. The van der Waals surface area contributed by atoms with E-state index in [-0.39, 0.29) is 0 Å². The minimum Gasteiger partial charge on any atom is -0.496 e. The van der Waals surface area contributed by atoms with Gasteiger partial charge in [0.2, 0.25) is 0 Å². The predicted molar refractivity (Wildman–Crippen MR) is 68.2 cm³/mol. The Balaban J connectivity index is 2.60. The Kier molecular flexibility index (Phi) is 3.32. The number of ether oxygens (including phenoxy) is 1. The number of nitrogens with zero attached hydrogens (tertiary/aromatic N) is 1. The third kappa shape index (κ3) is 2.41. The summed E-state index contributed by atoms with van der Waals surface area (Å²) in [6.07, 6.45) is 0. The molecule has 0 amide bonds. The van der Waals surface area contributed by atoms with E-state index >= 15 is 0 Å². The molecular formula is C14H10ClNO. The largest absolute Gasteiger partial charge is 0.496 e. The molecule has 2 aromatic rings. The number of halogens is 1. The number of para-hydroxylation sites is 1. The molecule has 0 heterocycles. The van der Waals surface area contributed by atoms with Crippen molar-refractivity contribution < 1.29 is 4.74 Å². The van der Waals surface area contributed by atoms with Crippen molar-refractivity contribution in [2.45, 2.75) is 0 Å². The Morgan fingerprint density at radius 1 is 1.18 bits per heavy atom. The van der Waals surface area contributed by atoms with E-state index in [1.54, 1.807) is 19.2 Å². The minimum atomic E-state index is 0.540. The monoisotopic (exact) mass is 243 g/mol. The van der Waals surface area contributed by atoms with Gasteiger partial charge in [0.25, 0.3) is 0 Å². The van der Waals surface area contributed by atoms with Crippen LogP contribution in [0.3, 0.4) is 0 Å². The highest BCUT2D eigenvalue weighted by atomic mass is 35.5. The van der Waals surface area contributed by atoms with Crippen molar-refractivity contribution in [1.82, 2.24) is 0 Å². The van der Waals surface area contributed by atoms with Crippen molar-refractivity contribution in [3.63, 3.8) is 0 Å². The number of nitriles is 1. The molecule has 0 bridgehead atoms. The highest BCUT2D eigenvalue weighted by Crippen LogP contribution is 2.31. The molecule has 3 heteroatoms. The van der Waals surface area contributed by atoms with Gasteiger partial charge in [0.1, 0.15) is 5.75 Å². The molecule has 0 radical (unpaired) electrons. The molecule has 0 saturated heterocycles. The first-order chi connectivity index (χ1) is 8.24. The molecule has 2 aromatic carbocycles. The van der Waals surface area contributed by atoms with Crippen LogP contribution in [0.15, 0.2) is 42.5 Å². The van der Waals surface area contributed by atoms with Crippen LogP contribution in [0.1, 0.15) is 5.56 Å². The van der Waals surface area contributed by atoms with Crippen molar-refractivity contribution >= 4 is 11.6 Å². The summed E-state index contributed by atoms with van der Waals surface area (Å²) in [6, 6.07) is 15.0. The fraction of sp³-hybridized carbons (Fsp3) is 0.0714. The second-order valence-electron chi connectivity index (χ2n) is 3.54. The fourth-order valence-corrected chi connectivity index (χ4v) is 1.93. The Morgan fingerprint density at radius 3 is 2.65 bits per heavy atom. The van der Waals surface area contributed by atoms with E-state index in [0.717, 1.165) is 16.9 Å². The maximum Gasteiger partial charge on any atom is 0.126 e. The number of rotatable bonds is 2. The SMILES string of the molecule is COc1ccccc1-c1cc(Cl)cc(C#N)c1. The van der Waals surface area contributed by atoms with E-state index in [1.165, 1.54) is 0 Å². The van der Waals surface area contributed by atoms with E-state index in [2.05, 4.69) is 6.07 Å². The van der Waals surface area contributed by atoms with Gasteiger partial charge in [-0.3, -0.25) is 0 Å². The van der Waals surface area contributed by atoms with Crippen LogP contribution < -0.4 is 4.74 Å². The molecule has 0 unspecified atom stereocenters. The maximum atomic E-state index is 8.92. The molecule has 2 nitrogen and oxygen atoms in total. The lowest BCUT2D eigenvalue weighted by Gasteiger charge is -2.08. The molecule has 0 spiro atoms. The van der Waals surface area contributed by atoms with Crippen molar-refractivity contribution in [3.8, 4) is 22.9 Å². The van der Waals surface area contributed by atoms with Crippen LogP contribution >= 0.6 is 11.6 Å². The molecule has 84 valence electrons. The molecule has 0 aliphatic heterocycles. The average molecular weight is 244 g/mol. The molecule has 0 atom stereocenters. The zero-order valence-electron chi connectivity index (χ0n) is 9.27. The van der Waals surface area contributed by atoms with Gasteiger partial charge in [0, 0.05) is 10.6 Å². The Bertz CT molecular complexity index is 587. The second kappa shape index (κ2) is 4.90. The summed E-state index contributed by atoms with van der Waals surface area (Å²) in [5.74, 6) is 0.763. The first-order valence-corrected chi connectivity index (χ1v) is 5.46. The van der Waals surface area contributed by atoms with Crippen LogP contribution in [0.4, 0.5) is 0 Å². The van der Waals surface area contributed by atoms with Crippen molar-refractivity contribution in [3.05, 3.63) is 53.1 Å². The summed E-state index contributed by atoms with van der Waals surface area (Å²) < 4.78 is 5.29. The topological polar surface area (TPSA) is 33.0 Å². The first kappa shape index (κ1) is 11.5. The van der Waals surface area contributed by atoms with Gasteiger partial charge in [0.05, 0.1) is 18.7 Å². The Hall–Kier alpha value is -1.98. The zero-order valence-corrected chi connectivity index (χ0v) is 10.0. The summed E-state index contributed by atoms with van der Waals surface area (Å²) in [6.45, 7) is 0. The number of methoxy groups -OCH3 is 1. The number of hydrogen-bond donors (Lipinski definition) is 0. The second-order valence-corrected chi connectivity index (χ2v) is 3.98. The van der Waals surface area contributed by atoms with Crippen LogP contribution in [0, 0.1) is 11.3 Å². The van der Waals surface area contributed by atoms with E-state index in [9.17, 15) is 0 Å². The van der Waals surface area contributed by atoms with Crippen molar-refractivity contribution in [2.75, 3.05) is 7.11 Å². The minimum absolute atomic E-state index is 0.540. The highest BCUT2D eigenvalue weighted by Gasteiger charge is 2.06. The van der Waals surface area contributed by atoms with E-state index < -0.39 is 0 Å². The van der Waals surface area contributed by atoms with Crippen LogP contribution in [0.5, 0.6) is 5.75 Å². The predicted octanol–water partition coefficient (Wildman–Crippen LogP) is 3.89. The summed E-state index contributed by atoms with van der Waals surface area (Å²) >= 11 is 5.98. The molecular weight excluding hydrogens is 234 g/mol. The third-order valence-corrected chi connectivity index (χ3v) is 2.66. The first-order valence-electron chi connectivity index (χ1n) is 5.08. The molecule has 0 aromatic heterocycles. The maximum absolute atomic E-state index is 8.92. The molecule has 2 rings (SSSR count). The van der Waals surface area contributed by atoms with Gasteiger partial charge in [-0.2, -0.15) is 5.26 Å². The van der Waals surface area contributed by atoms with Gasteiger partial charge < -0.3 is 4.74 Å². The van der Waals surface area contributed by atoms with Gasteiger partial charge in [-0.15, -0.1) is 0 Å². The van der Waals surface area contributed by atoms with Crippen LogP contribution in [0.2, 0.25) is 5.02 Å². The lowest BCUT2D eigenvalue weighted by atomic mass is 10.0. The number of benzene rings is 2. The summed E-state index contributed by atoms with van der Waals surface area (Å²) in [4.78, 5) is 0. The molecule has 0 saturated carbocycles. The Labute approximate surface area is 105 Å². The van der Waals surface area contributed by atoms with Gasteiger partial charge in [-0.1, -0.05) is 29.8 Å². The van der Waals surface area contributed by atoms with E-state index in [4.69, 9.17) is 21.6 Å². The lowest BCUT2D eigenvalue weighted by molar-refractivity contribution is 0.416. The van der Waals surface area contributed by atoms with Gasteiger partial charge in [-0.25, -0.2) is 0 Å². The lowest BCUT2D eigenvalue weighted by Crippen LogP contribution is -1.88.